The molecule has 4 atom stereocenters. The van der Waals surface area contributed by atoms with E-state index in [1.807, 2.05) is 0 Å². The molecule has 0 aliphatic carbocycles. The van der Waals surface area contributed by atoms with Crippen LogP contribution in [0.1, 0.15) is 41.5 Å². The number of alkyl carbamates (subject to hydrolysis) is 1. The highest BCUT2D eigenvalue weighted by Gasteiger charge is 2.54. The van der Waals surface area contributed by atoms with Gasteiger partial charge >= 0.3 is 24.1 Å². The number of amides is 2. The van der Waals surface area contributed by atoms with Crippen LogP contribution in [0.4, 0.5) is 9.59 Å². The lowest BCUT2D eigenvalue weighted by Crippen LogP contribution is -2.45. The van der Waals surface area contributed by atoms with E-state index < -0.39 is 59.4 Å². The molecule has 0 saturated carbocycles. The molecule has 1 fully saturated rings. The van der Waals surface area contributed by atoms with Crippen LogP contribution in [-0.4, -0.2) is 73.8 Å². The average molecular weight is 484 g/mol. The van der Waals surface area contributed by atoms with Crippen LogP contribution in [0, 0.1) is 11.8 Å². The van der Waals surface area contributed by atoms with E-state index in [1.165, 1.54) is 7.11 Å². The van der Waals surface area contributed by atoms with Crippen molar-refractivity contribution in [3.8, 4) is 0 Å². The first-order valence-electron chi connectivity index (χ1n) is 10.8. The first-order chi connectivity index (χ1) is 15.7. The summed E-state index contributed by atoms with van der Waals surface area (Å²) in [4.78, 5) is 52.6. The number of aliphatic imine (C=N–C) groups is 1. The summed E-state index contributed by atoms with van der Waals surface area (Å²) in [6.45, 7) is 9.90. The second-order valence-electron chi connectivity index (χ2n) is 9.69. The summed E-state index contributed by atoms with van der Waals surface area (Å²) in [7, 11) is 1.24. The highest BCUT2D eigenvalue weighted by molar-refractivity contribution is 5.98. The Balaban J connectivity index is 1.95. The number of carbonyl (C=O) groups is 4. The molecule has 0 radical (unpaired) electrons. The van der Waals surface area contributed by atoms with Crippen molar-refractivity contribution in [3.05, 3.63) is 12.2 Å². The second kappa shape index (κ2) is 10.9. The Hall–Kier alpha value is -3.15. The third-order valence-electron chi connectivity index (χ3n) is 4.50. The number of esters is 2. The van der Waals surface area contributed by atoms with E-state index in [9.17, 15) is 19.2 Å². The van der Waals surface area contributed by atoms with Gasteiger partial charge in [0.2, 0.25) is 5.96 Å². The van der Waals surface area contributed by atoms with E-state index in [0.29, 0.717) is 0 Å². The van der Waals surface area contributed by atoms with E-state index in [4.69, 9.17) is 23.7 Å². The zero-order valence-electron chi connectivity index (χ0n) is 20.5. The molecule has 34 heavy (non-hydrogen) atoms. The molecular weight excluding hydrogens is 450 g/mol. The molecule has 2 rings (SSSR count). The van der Waals surface area contributed by atoms with Gasteiger partial charge in [0.05, 0.1) is 25.9 Å². The third-order valence-corrected chi connectivity index (χ3v) is 4.50. The molecule has 2 heterocycles. The van der Waals surface area contributed by atoms with E-state index in [1.54, 1.807) is 53.7 Å². The minimum atomic E-state index is -0.935. The number of hydrogen-bond donors (Lipinski definition) is 2. The molecular formula is C22H33N3O9. The molecule has 2 N–H and O–H groups in total. The highest BCUT2D eigenvalue weighted by atomic mass is 16.6. The van der Waals surface area contributed by atoms with Gasteiger partial charge in [0.1, 0.15) is 29.6 Å². The van der Waals surface area contributed by atoms with Crippen molar-refractivity contribution in [1.29, 1.82) is 0 Å². The number of hydrogen-bond acceptors (Lipinski definition) is 9. The first-order valence-corrected chi connectivity index (χ1v) is 10.8. The van der Waals surface area contributed by atoms with Crippen LogP contribution in [0.2, 0.25) is 0 Å². The van der Waals surface area contributed by atoms with Gasteiger partial charge in [0.25, 0.3) is 0 Å². The molecule has 0 spiro atoms. The minimum Gasteiger partial charge on any atom is -0.469 e. The van der Waals surface area contributed by atoms with Crippen LogP contribution in [0.25, 0.3) is 0 Å². The first kappa shape index (κ1) is 27.1. The summed E-state index contributed by atoms with van der Waals surface area (Å²) in [5.41, 5.74) is -1.56. The van der Waals surface area contributed by atoms with Crippen LogP contribution >= 0.6 is 0 Å². The normalized spacial score (nSPS) is 23.8. The van der Waals surface area contributed by atoms with Crippen molar-refractivity contribution in [2.45, 2.75) is 65.0 Å². The summed E-state index contributed by atoms with van der Waals surface area (Å²) in [5, 5.41) is 5.03. The number of carbonyl (C=O) groups excluding carboxylic acids is 4. The Morgan fingerprint density at radius 2 is 1.47 bits per heavy atom. The maximum absolute atomic E-state index is 12.6. The summed E-state index contributed by atoms with van der Waals surface area (Å²) < 4.78 is 26.0. The zero-order valence-corrected chi connectivity index (χ0v) is 20.5. The van der Waals surface area contributed by atoms with Gasteiger partial charge in [0.15, 0.2) is 0 Å². The SMILES string of the molecule is COC(=O)C1C2C=CC(O2)C1C(=O)OCCN/C(=N/C(=O)OC(C)(C)C)NC(=O)OC(C)(C)C. The van der Waals surface area contributed by atoms with Crippen molar-refractivity contribution in [2.24, 2.45) is 16.8 Å². The maximum Gasteiger partial charge on any atom is 0.437 e. The second-order valence-corrected chi connectivity index (χ2v) is 9.69. The average Bonchev–Trinajstić information content (AvgIpc) is 3.28. The summed E-state index contributed by atoms with van der Waals surface area (Å²) in [6, 6.07) is 0. The highest BCUT2D eigenvalue weighted by Crippen LogP contribution is 2.40. The van der Waals surface area contributed by atoms with Crippen molar-refractivity contribution in [3.63, 3.8) is 0 Å². The lowest BCUT2D eigenvalue weighted by atomic mass is 9.83. The molecule has 2 amide bonds. The molecule has 1 saturated heterocycles. The Kier molecular flexibility index (Phi) is 8.65. The molecule has 190 valence electrons. The van der Waals surface area contributed by atoms with Crippen molar-refractivity contribution in [1.82, 2.24) is 10.6 Å². The topological polar surface area (TPSA) is 151 Å². The molecule has 12 heteroatoms. The number of rotatable bonds is 5. The largest absolute Gasteiger partial charge is 0.469 e. The molecule has 2 bridgehead atoms. The Labute approximate surface area is 198 Å². The van der Waals surface area contributed by atoms with Gasteiger partial charge in [-0.15, -0.1) is 4.99 Å². The van der Waals surface area contributed by atoms with E-state index >= 15 is 0 Å². The number of nitrogens with zero attached hydrogens (tertiary/aromatic N) is 1. The van der Waals surface area contributed by atoms with Gasteiger partial charge in [-0.05, 0) is 41.5 Å². The van der Waals surface area contributed by atoms with Crippen molar-refractivity contribution in [2.75, 3.05) is 20.3 Å². The van der Waals surface area contributed by atoms with Crippen LogP contribution in [0.3, 0.4) is 0 Å². The molecule has 2 aliphatic rings. The number of nitrogens with one attached hydrogen (secondary N) is 2. The lowest BCUT2D eigenvalue weighted by molar-refractivity contribution is -0.158. The smallest absolute Gasteiger partial charge is 0.437 e. The van der Waals surface area contributed by atoms with Crippen LogP contribution < -0.4 is 10.6 Å². The maximum atomic E-state index is 12.6. The summed E-state index contributed by atoms with van der Waals surface area (Å²) in [5.74, 6) is -3.01. The molecule has 2 aliphatic heterocycles. The fraction of sp³-hybridized carbons (Fsp3) is 0.682. The van der Waals surface area contributed by atoms with Gasteiger partial charge < -0.3 is 29.0 Å². The Morgan fingerprint density at radius 1 is 0.912 bits per heavy atom. The standard InChI is InChI=1S/C22H33N3O9/c1-21(2,3)33-19(28)24-18(25-20(29)34-22(4,5)6)23-10-11-31-17(27)15-13-9-8-12(32-13)14(15)16(26)30-7/h8-9,12-15H,10-11H2,1-7H3,(H2,23,24,25,28,29). The van der Waals surface area contributed by atoms with Gasteiger partial charge in [0, 0.05) is 0 Å². The molecule has 4 unspecified atom stereocenters. The number of ether oxygens (including phenoxy) is 5. The van der Waals surface area contributed by atoms with Crippen molar-refractivity contribution >= 4 is 30.1 Å². The fourth-order valence-corrected chi connectivity index (χ4v) is 3.31. The Morgan fingerprint density at radius 3 is 2.00 bits per heavy atom. The number of guanidine groups is 1. The third kappa shape index (κ3) is 8.01. The van der Waals surface area contributed by atoms with E-state index in [0.717, 1.165) is 0 Å². The monoisotopic (exact) mass is 483 g/mol. The zero-order chi connectivity index (χ0) is 25.7. The molecule has 12 nitrogen and oxygen atoms in total. The lowest BCUT2D eigenvalue weighted by Gasteiger charge is -2.22. The van der Waals surface area contributed by atoms with Gasteiger partial charge in [-0.1, -0.05) is 12.2 Å². The number of methoxy groups -OCH3 is 1. The number of fused-ring (bicyclic) bond motifs is 2. The van der Waals surface area contributed by atoms with Crippen molar-refractivity contribution < 1.29 is 42.9 Å². The predicted octanol–water partition coefficient (Wildman–Crippen LogP) is 1.68. The van der Waals surface area contributed by atoms with E-state index in [-0.39, 0.29) is 19.1 Å². The van der Waals surface area contributed by atoms with E-state index in [2.05, 4.69) is 15.6 Å². The quantitative estimate of drug-likeness (QED) is 0.148. The molecule has 0 aromatic heterocycles. The van der Waals surface area contributed by atoms with Crippen LogP contribution in [0.5, 0.6) is 0 Å². The Bertz CT molecular complexity index is 855. The van der Waals surface area contributed by atoms with Gasteiger partial charge in [-0.25, -0.2) is 9.59 Å². The summed E-state index contributed by atoms with van der Waals surface area (Å²) in [6.07, 6.45) is 0.566. The summed E-state index contributed by atoms with van der Waals surface area (Å²) >= 11 is 0. The van der Waals surface area contributed by atoms with Gasteiger partial charge in [-0.2, -0.15) is 0 Å². The molecule has 0 aromatic rings. The minimum absolute atomic E-state index is 0.0103. The van der Waals surface area contributed by atoms with Crippen LogP contribution in [-0.2, 0) is 33.3 Å². The fourth-order valence-electron chi connectivity index (χ4n) is 3.31. The van der Waals surface area contributed by atoms with Crippen LogP contribution in [0.15, 0.2) is 17.1 Å². The molecule has 0 aromatic carbocycles. The predicted molar refractivity (Wildman–Crippen MR) is 119 cm³/mol. The van der Waals surface area contributed by atoms with Gasteiger partial charge in [-0.3, -0.25) is 14.9 Å².